The highest BCUT2D eigenvalue weighted by Crippen LogP contribution is 2.35. The fraction of sp³-hybridized carbons (Fsp3) is 0.357. The molecule has 1 aliphatic carbocycles. The number of H-pyrrole nitrogens is 2. The minimum absolute atomic E-state index is 0.215. The molecule has 4 N–H and O–H groups in total. The van der Waals surface area contributed by atoms with Crippen LogP contribution in [0.4, 0.5) is 0 Å². The van der Waals surface area contributed by atoms with Crippen LogP contribution in [-0.2, 0) is 19.4 Å². The van der Waals surface area contributed by atoms with Gasteiger partial charge in [0.1, 0.15) is 11.6 Å². The number of imidazole rings is 2. The summed E-state index contributed by atoms with van der Waals surface area (Å²) in [4.78, 5) is 16.5. The highest BCUT2D eigenvalue weighted by molar-refractivity contribution is 5.75. The number of nitrogens with zero attached hydrogens (tertiary/aromatic N) is 2. The predicted octanol–water partition coefficient (Wildman–Crippen LogP) is 5.40. The second-order valence-electron chi connectivity index (χ2n) is 9.18. The Morgan fingerprint density at radius 2 is 1.79 bits per heavy atom. The van der Waals surface area contributed by atoms with Crippen molar-refractivity contribution in [3.63, 3.8) is 0 Å². The first-order valence-corrected chi connectivity index (χ1v) is 12.4. The lowest BCUT2D eigenvalue weighted by atomic mass is 9.95. The lowest BCUT2D eigenvalue weighted by Crippen LogP contribution is -2.14. The maximum Gasteiger partial charge on any atom is 0.123 e. The van der Waals surface area contributed by atoms with Crippen molar-refractivity contribution in [1.82, 2.24) is 30.6 Å². The van der Waals surface area contributed by atoms with E-state index in [1.165, 1.54) is 27.9 Å². The van der Waals surface area contributed by atoms with Gasteiger partial charge in [-0.25, -0.2) is 9.97 Å². The van der Waals surface area contributed by atoms with E-state index in [1.807, 2.05) is 13.2 Å². The first-order chi connectivity index (χ1) is 16.7. The van der Waals surface area contributed by atoms with Crippen molar-refractivity contribution >= 4 is 0 Å². The summed E-state index contributed by atoms with van der Waals surface area (Å²) < 4.78 is 0. The molecule has 0 amide bonds. The summed E-state index contributed by atoms with van der Waals surface area (Å²) in [7, 11) is 1.97. The number of nitrogens with one attached hydrogen (secondary N) is 4. The number of benzene rings is 2. The molecule has 4 aromatic rings. The van der Waals surface area contributed by atoms with Crippen LogP contribution in [0, 0.1) is 0 Å². The Labute approximate surface area is 201 Å². The van der Waals surface area contributed by atoms with E-state index in [2.05, 4.69) is 81.9 Å². The minimum atomic E-state index is 0.215. The summed E-state index contributed by atoms with van der Waals surface area (Å²) in [6.07, 6.45) is 6.29. The number of rotatable bonds is 8. The van der Waals surface area contributed by atoms with Crippen LogP contribution in [0.5, 0.6) is 0 Å². The molecule has 1 atom stereocenters. The Morgan fingerprint density at radius 3 is 2.59 bits per heavy atom. The molecule has 2 heterocycles. The van der Waals surface area contributed by atoms with E-state index in [9.17, 15) is 0 Å². The fourth-order valence-corrected chi connectivity index (χ4v) is 4.67. The summed E-state index contributed by atoms with van der Waals surface area (Å²) >= 11 is 0. The quantitative estimate of drug-likeness (QED) is 0.269. The van der Waals surface area contributed by atoms with E-state index in [-0.39, 0.29) is 6.04 Å². The molecule has 1 aliphatic rings. The second-order valence-corrected chi connectivity index (χ2v) is 9.18. The molecule has 0 saturated heterocycles. The Morgan fingerprint density at radius 1 is 1.00 bits per heavy atom. The molecule has 0 radical (unpaired) electrons. The Hall–Kier alpha value is -3.22. The van der Waals surface area contributed by atoms with Gasteiger partial charge in [0, 0.05) is 11.3 Å². The molecule has 6 heteroatoms. The molecule has 176 valence electrons. The van der Waals surface area contributed by atoms with Crippen molar-refractivity contribution in [2.75, 3.05) is 13.6 Å². The number of aryl methyl sites for hydroxylation is 2. The number of hydrogen-bond acceptors (Lipinski definition) is 4. The molecule has 6 nitrogen and oxygen atoms in total. The van der Waals surface area contributed by atoms with Crippen molar-refractivity contribution in [1.29, 1.82) is 0 Å². The van der Waals surface area contributed by atoms with Gasteiger partial charge in [-0.2, -0.15) is 0 Å². The van der Waals surface area contributed by atoms with Gasteiger partial charge in [-0.05, 0) is 68.5 Å². The molecule has 0 spiro atoms. The van der Waals surface area contributed by atoms with Crippen LogP contribution >= 0.6 is 0 Å². The predicted molar refractivity (Wildman–Crippen MR) is 139 cm³/mol. The summed E-state index contributed by atoms with van der Waals surface area (Å²) in [6, 6.07) is 15.8. The zero-order chi connectivity index (χ0) is 23.5. The number of aromatic nitrogens is 4. The average Bonchev–Trinajstić information content (AvgIpc) is 3.48. The Kier molecular flexibility index (Phi) is 6.61. The van der Waals surface area contributed by atoms with E-state index in [0.29, 0.717) is 0 Å². The van der Waals surface area contributed by atoms with Gasteiger partial charge in [0.05, 0.1) is 30.2 Å². The van der Waals surface area contributed by atoms with Crippen molar-refractivity contribution in [3.8, 4) is 33.6 Å². The van der Waals surface area contributed by atoms with Crippen LogP contribution in [0.1, 0.15) is 55.6 Å². The topological polar surface area (TPSA) is 81.4 Å². The van der Waals surface area contributed by atoms with Crippen LogP contribution < -0.4 is 10.6 Å². The van der Waals surface area contributed by atoms with Gasteiger partial charge in [0.2, 0.25) is 0 Å². The van der Waals surface area contributed by atoms with E-state index in [1.54, 1.807) is 0 Å². The molecule has 5 rings (SSSR count). The van der Waals surface area contributed by atoms with E-state index in [4.69, 9.17) is 4.98 Å². The van der Waals surface area contributed by atoms with Crippen molar-refractivity contribution in [3.05, 3.63) is 71.6 Å². The van der Waals surface area contributed by atoms with Gasteiger partial charge >= 0.3 is 0 Å². The molecule has 34 heavy (non-hydrogen) atoms. The van der Waals surface area contributed by atoms with Crippen LogP contribution in [0.2, 0.25) is 0 Å². The summed E-state index contributed by atoms with van der Waals surface area (Å²) in [5, 5.41) is 6.68. The van der Waals surface area contributed by atoms with Gasteiger partial charge in [0.15, 0.2) is 0 Å². The largest absolute Gasteiger partial charge is 0.344 e. The maximum atomic E-state index is 4.96. The zero-order valence-corrected chi connectivity index (χ0v) is 20.3. The molecule has 0 unspecified atom stereocenters. The van der Waals surface area contributed by atoms with Crippen LogP contribution in [0.3, 0.4) is 0 Å². The zero-order valence-electron chi connectivity index (χ0n) is 20.3. The van der Waals surface area contributed by atoms with Crippen LogP contribution in [0.25, 0.3) is 33.6 Å². The number of aromatic amines is 2. The maximum absolute atomic E-state index is 4.96. The molecule has 0 bridgehead atoms. The fourth-order valence-electron chi connectivity index (χ4n) is 4.67. The Balaban J connectivity index is 1.37. The van der Waals surface area contributed by atoms with Crippen LogP contribution in [0.15, 0.2) is 48.7 Å². The van der Waals surface area contributed by atoms with Gasteiger partial charge < -0.3 is 20.6 Å². The third kappa shape index (κ3) is 4.56. The summed E-state index contributed by atoms with van der Waals surface area (Å²) in [5.41, 5.74) is 9.72. The average molecular weight is 455 g/mol. The van der Waals surface area contributed by atoms with E-state index in [0.717, 1.165) is 67.4 Å². The molecular weight excluding hydrogens is 420 g/mol. The van der Waals surface area contributed by atoms with E-state index < -0.39 is 0 Å². The minimum Gasteiger partial charge on any atom is -0.344 e. The Bertz CT molecular complexity index is 1250. The first-order valence-electron chi connectivity index (χ1n) is 12.4. The monoisotopic (exact) mass is 454 g/mol. The molecular formula is C28H34N6. The van der Waals surface area contributed by atoms with Gasteiger partial charge in [-0.3, -0.25) is 0 Å². The third-order valence-electron chi connectivity index (χ3n) is 6.75. The first kappa shape index (κ1) is 22.6. The standard InChI is InChI=1S/C28H34N6/c1-4-14-30-17-26-31-16-25(32-26)20-10-8-19(9-11-20)21-12-13-23-22(15-21)6-5-7-24-27(23)34-28(33-24)18(2)29-3/h8-13,15-16,18,29-30H,4-7,14,17H2,1-3H3,(H,31,32)(H,33,34)/t18-/m0/s1. The van der Waals surface area contributed by atoms with Crippen LogP contribution in [-0.4, -0.2) is 33.5 Å². The molecule has 2 aromatic heterocycles. The summed E-state index contributed by atoms with van der Waals surface area (Å²) in [6.45, 7) is 6.08. The molecule has 0 fully saturated rings. The van der Waals surface area contributed by atoms with Gasteiger partial charge in [-0.15, -0.1) is 0 Å². The van der Waals surface area contributed by atoms with Crippen molar-refractivity contribution < 1.29 is 0 Å². The van der Waals surface area contributed by atoms with E-state index >= 15 is 0 Å². The lowest BCUT2D eigenvalue weighted by molar-refractivity contribution is 0.615. The normalized spacial score (nSPS) is 13.9. The number of fused-ring (bicyclic) bond motifs is 3. The number of hydrogen-bond donors (Lipinski definition) is 4. The third-order valence-corrected chi connectivity index (χ3v) is 6.75. The van der Waals surface area contributed by atoms with Gasteiger partial charge in [-0.1, -0.05) is 49.4 Å². The van der Waals surface area contributed by atoms with Crippen molar-refractivity contribution in [2.24, 2.45) is 0 Å². The summed E-state index contributed by atoms with van der Waals surface area (Å²) in [5.74, 6) is 1.99. The highest BCUT2D eigenvalue weighted by Gasteiger charge is 2.21. The van der Waals surface area contributed by atoms with Gasteiger partial charge in [0.25, 0.3) is 0 Å². The second kappa shape index (κ2) is 9.95. The molecule has 0 saturated carbocycles. The smallest absolute Gasteiger partial charge is 0.123 e. The highest BCUT2D eigenvalue weighted by atomic mass is 15.0. The van der Waals surface area contributed by atoms with Crippen molar-refractivity contribution in [2.45, 2.75) is 52.1 Å². The lowest BCUT2D eigenvalue weighted by Gasteiger charge is -2.10. The molecule has 0 aliphatic heterocycles. The molecule has 2 aromatic carbocycles. The SMILES string of the molecule is CCCNCc1ncc(-c2ccc(-c3ccc4c(c3)CCCc3[nH]c([C@H](C)NC)nc3-4)cc2)[nH]1.